The lowest BCUT2D eigenvalue weighted by Gasteiger charge is -2.12. The molecule has 2 aromatic carbocycles. The van der Waals surface area contributed by atoms with Crippen molar-refractivity contribution in [2.24, 2.45) is 0 Å². The van der Waals surface area contributed by atoms with Gasteiger partial charge in [-0.05, 0) is 42.3 Å². The Labute approximate surface area is 182 Å². The van der Waals surface area contributed by atoms with E-state index in [1.54, 1.807) is 18.2 Å². The first kappa shape index (κ1) is 20.5. The van der Waals surface area contributed by atoms with Crippen LogP contribution in [0.5, 0.6) is 5.75 Å². The van der Waals surface area contributed by atoms with E-state index in [4.69, 9.17) is 4.42 Å². The summed E-state index contributed by atoms with van der Waals surface area (Å²) < 4.78 is 5.70. The van der Waals surface area contributed by atoms with Crippen LogP contribution in [0.1, 0.15) is 18.2 Å². The number of phenolic OH excluding ortho intramolecular Hbond substituents is 1. The quantitative estimate of drug-likeness (QED) is 0.290. The monoisotopic (exact) mass is 437 g/mol. The normalized spacial score (nSPS) is 17.0. The second kappa shape index (κ2) is 8.57. The molecule has 1 atom stereocenters. The molecule has 0 unspecified atom stereocenters. The number of nitrogens with zero attached hydrogens (tertiary/aromatic N) is 1. The fraction of sp³-hybridized carbons (Fsp3) is 0.136. The standard InChI is InChI=1S/C22H19N3O5S/c1-2-13-3-5-14(6-4-13)23-22-24-21(27)20(31-22)12-16-8-10-19(30-16)17-11-15(25(28)29)7-9-18(17)26/h3-12,22-23,26H,2H2,1H3,(H,24,27)/b20-12-/t22-/m0/s1. The zero-order chi connectivity index (χ0) is 22.0. The molecule has 0 bridgehead atoms. The van der Waals surface area contributed by atoms with Crippen molar-refractivity contribution in [1.82, 2.24) is 5.32 Å². The minimum Gasteiger partial charge on any atom is -0.507 e. The van der Waals surface area contributed by atoms with Gasteiger partial charge in [0.25, 0.3) is 11.6 Å². The van der Waals surface area contributed by atoms with E-state index in [1.165, 1.54) is 35.5 Å². The number of nitrogens with one attached hydrogen (secondary N) is 2. The highest BCUT2D eigenvalue weighted by atomic mass is 32.2. The maximum Gasteiger partial charge on any atom is 0.270 e. The number of benzene rings is 2. The van der Waals surface area contributed by atoms with Gasteiger partial charge in [-0.1, -0.05) is 30.8 Å². The van der Waals surface area contributed by atoms with E-state index in [1.807, 2.05) is 24.3 Å². The minimum atomic E-state index is -0.544. The Morgan fingerprint density at radius 3 is 2.71 bits per heavy atom. The third kappa shape index (κ3) is 4.56. The highest BCUT2D eigenvalue weighted by Gasteiger charge is 2.27. The molecule has 0 aliphatic carbocycles. The number of furan rings is 1. The van der Waals surface area contributed by atoms with Crippen molar-refractivity contribution >= 4 is 35.1 Å². The van der Waals surface area contributed by atoms with Crippen molar-refractivity contribution in [1.29, 1.82) is 0 Å². The Kier molecular flexibility index (Phi) is 5.68. The zero-order valence-corrected chi connectivity index (χ0v) is 17.3. The highest BCUT2D eigenvalue weighted by molar-refractivity contribution is 8.05. The summed E-state index contributed by atoms with van der Waals surface area (Å²) in [5.74, 6) is 0.294. The van der Waals surface area contributed by atoms with E-state index in [0.717, 1.165) is 12.1 Å². The predicted octanol–water partition coefficient (Wildman–Crippen LogP) is 4.72. The summed E-state index contributed by atoms with van der Waals surface area (Å²) >= 11 is 1.32. The minimum absolute atomic E-state index is 0.134. The van der Waals surface area contributed by atoms with Crippen LogP contribution < -0.4 is 10.6 Å². The number of aromatic hydroxyl groups is 1. The number of non-ortho nitro benzene ring substituents is 1. The number of thioether (sulfide) groups is 1. The number of carbonyl (C=O) groups is 1. The third-order valence-electron chi connectivity index (χ3n) is 4.75. The smallest absolute Gasteiger partial charge is 0.270 e. The molecule has 3 aromatic rings. The SMILES string of the molecule is CCc1ccc(N[C@H]2NC(=O)/C(=C/c3ccc(-c4cc([N+](=O)[O-])ccc4O)o3)S2)cc1. The summed E-state index contributed by atoms with van der Waals surface area (Å²) in [5.41, 5.74) is 1.87. The molecular formula is C22H19N3O5S. The molecule has 8 nitrogen and oxygen atoms in total. The van der Waals surface area contributed by atoms with Crippen LogP contribution in [0.4, 0.5) is 11.4 Å². The number of hydrogen-bond acceptors (Lipinski definition) is 7. The van der Waals surface area contributed by atoms with Gasteiger partial charge < -0.3 is 20.2 Å². The number of nitro benzene ring substituents is 1. The van der Waals surface area contributed by atoms with E-state index in [0.29, 0.717) is 10.7 Å². The molecule has 2 heterocycles. The van der Waals surface area contributed by atoms with Crippen LogP contribution in [0, 0.1) is 10.1 Å². The summed E-state index contributed by atoms with van der Waals surface area (Å²) in [4.78, 5) is 23.2. The van der Waals surface area contributed by atoms with Crippen LogP contribution in [0.3, 0.4) is 0 Å². The van der Waals surface area contributed by atoms with Crippen LogP contribution in [0.15, 0.2) is 63.9 Å². The topological polar surface area (TPSA) is 118 Å². The van der Waals surface area contributed by atoms with Gasteiger partial charge in [0.15, 0.2) is 5.50 Å². The molecule has 1 aliphatic heterocycles. The Morgan fingerprint density at radius 2 is 2.00 bits per heavy atom. The zero-order valence-electron chi connectivity index (χ0n) is 16.5. The van der Waals surface area contributed by atoms with Crippen molar-refractivity contribution < 1.29 is 19.2 Å². The third-order valence-corrected chi connectivity index (χ3v) is 5.78. The van der Waals surface area contributed by atoms with E-state index >= 15 is 0 Å². The number of phenols is 1. The van der Waals surface area contributed by atoms with Gasteiger partial charge in [0.05, 0.1) is 15.4 Å². The van der Waals surface area contributed by atoms with Crippen molar-refractivity contribution in [3.8, 4) is 17.1 Å². The van der Waals surface area contributed by atoms with E-state index < -0.39 is 4.92 Å². The Morgan fingerprint density at radius 1 is 1.23 bits per heavy atom. The average Bonchev–Trinajstić information content (AvgIpc) is 3.35. The van der Waals surface area contributed by atoms with Crippen molar-refractivity contribution in [3.05, 3.63) is 80.9 Å². The molecule has 9 heteroatoms. The largest absolute Gasteiger partial charge is 0.507 e. The molecule has 158 valence electrons. The fourth-order valence-corrected chi connectivity index (χ4v) is 4.06. The summed E-state index contributed by atoms with van der Waals surface area (Å²) in [6.45, 7) is 2.09. The van der Waals surface area contributed by atoms with Crippen LogP contribution in [-0.2, 0) is 11.2 Å². The number of aryl methyl sites for hydroxylation is 1. The Bertz CT molecular complexity index is 1170. The number of nitro groups is 1. The molecule has 0 saturated carbocycles. The van der Waals surface area contributed by atoms with Crippen LogP contribution in [0.25, 0.3) is 17.4 Å². The lowest BCUT2D eigenvalue weighted by molar-refractivity contribution is -0.384. The number of amides is 1. The molecule has 1 fully saturated rings. The maximum absolute atomic E-state index is 12.3. The van der Waals surface area contributed by atoms with E-state index in [2.05, 4.69) is 17.6 Å². The molecule has 1 saturated heterocycles. The first-order chi connectivity index (χ1) is 14.9. The second-order valence-corrected chi connectivity index (χ2v) is 7.98. The molecule has 1 aliphatic rings. The van der Waals surface area contributed by atoms with Crippen molar-refractivity contribution in [2.45, 2.75) is 18.8 Å². The first-order valence-corrected chi connectivity index (χ1v) is 10.4. The highest BCUT2D eigenvalue weighted by Crippen LogP contribution is 2.35. The van der Waals surface area contributed by atoms with Crippen LogP contribution in [-0.4, -0.2) is 21.4 Å². The summed E-state index contributed by atoms with van der Waals surface area (Å²) in [6, 6.07) is 14.9. The van der Waals surface area contributed by atoms with Crippen molar-refractivity contribution in [3.63, 3.8) is 0 Å². The number of carbonyl (C=O) groups excluding carboxylic acids is 1. The molecule has 31 heavy (non-hydrogen) atoms. The van der Waals surface area contributed by atoms with Gasteiger partial charge in [0, 0.05) is 23.9 Å². The molecule has 1 amide bonds. The molecule has 4 rings (SSSR count). The lowest BCUT2D eigenvalue weighted by Crippen LogP contribution is -2.30. The van der Waals surface area contributed by atoms with Gasteiger partial charge >= 0.3 is 0 Å². The van der Waals surface area contributed by atoms with Crippen molar-refractivity contribution in [2.75, 3.05) is 5.32 Å². The Hall–Kier alpha value is -3.72. The molecular weight excluding hydrogens is 418 g/mol. The number of rotatable bonds is 6. The van der Waals surface area contributed by atoms with Crippen LogP contribution in [0.2, 0.25) is 0 Å². The maximum atomic E-state index is 12.3. The van der Waals surface area contributed by atoms with Gasteiger partial charge in [-0.15, -0.1) is 0 Å². The number of anilines is 1. The first-order valence-electron chi connectivity index (χ1n) is 9.55. The van der Waals surface area contributed by atoms with Gasteiger partial charge in [-0.2, -0.15) is 0 Å². The average molecular weight is 437 g/mol. The lowest BCUT2D eigenvalue weighted by atomic mass is 10.1. The summed E-state index contributed by atoms with van der Waals surface area (Å²) in [5, 5.41) is 27.1. The fourth-order valence-electron chi connectivity index (χ4n) is 3.09. The van der Waals surface area contributed by atoms with Gasteiger partial charge in [0.1, 0.15) is 17.3 Å². The van der Waals surface area contributed by atoms with Gasteiger partial charge in [-0.3, -0.25) is 14.9 Å². The molecule has 1 aromatic heterocycles. The Balaban J connectivity index is 1.49. The predicted molar refractivity (Wildman–Crippen MR) is 119 cm³/mol. The molecule has 0 spiro atoms. The molecule has 0 radical (unpaired) electrons. The van der Waals surface area contributed by atoms with E-state index in [9.17, 15) is 20.0 Å². The van der Waals surface area contributed by atoms with E-state index in [-0.39, 0.29) is 34.2 Å². The van der Waals surface area contributed by atoms with Gasteiger partial charge in [0.2, 0.25) is 0 Å². The summed E-state index contributed by atoms with van der Waals surface area (Å²) in [7, 11) is 0. The van der Waals surface area contributed by atoms with Crippen LogP contribution >= 0.6 is 11.8 Å². The summed E-state index contributed by atoms with van der Waals surface area (Å²) in [6.07, 6.45) is 2.56. The second-order valence-electron chi connectivity index (χ2n) is 6.84. The number of hydrogen-bond donors (Lipinski definition) is 3. The molecule has 3 N–H and O–H groups in total. The van der Waals surface area contributed by atoms with Gasteiger partial charge in [-0.25, -0.2) is 0 Å².